The van der Waals surface area contributed by atoms with Gasteiger partial charge in [-0.05, 0) is 81.0 Å². The van der Waals surface area contributed by atoms with Gasteiger partial charge < -0.3 is 9.80 Å². The monoisotopic (exact) mass is 480 g/mol. The molecule has 172 valence electrons. The summed E-state index contributed by atoms with van der Waals surface area (Å²) in [7, 11) is 0. The standard InChI is InChI=1S/C27H29ClN2O2S/c1-18-5-7-19(8-6-18)25-22-14-16-33-23(22)13-15-29(25)24(31)17-30(27(2,3)4)26(32)20-9-11-21(28)12-10-20/h5-12,14,16,25H,13,15,17H2,1-4H3. The number of amides is 2. The molecule has 0 radical (unpaired) electrons. The first-order chi connectivity index (χ1) is 15.6. The summed E-state index contributed by atoms with van der Waals surface area (Å²) in [5.41, 5.74) is 3.48. The van der Waals surface area contributed by atoms with Gasteiger partial charge in [0.2, 0.25) is 5.91 Å². The highest BCUT2D eigenvalue weighted by Gasteiger charge is 2.36. The third-order valence-electron chi connectivity index (χ3n) is 6.12. The van der Waals surface area contributed by atoms with Gasteiger partial charge in [0.05, 0.1) is 6.04 Å². The van der Waals surface area contributed by atoms with Crippen LogP contribution in [0.1, 0.15) is 58.7 Å². The summed E-state index contributed by atoms with van der Waals surface area (Å²) >= 11 is 7.75. The molecule has 4 nitrogen and oxygen atoms in total. The van der Waals surface area contributed by atoms with Crippen LogP contribution in [0.15, 0.2) is 60.0 Å². The topological polar surface area (TPSA) is 40.6 Å². The summed E-state index contributed by atoms with van der Waals surface area (Å²) in [6, 6.07) is 17.2. The normalized spacial score (nSPS) is 15.8. The minimum atomic E-state index is -0.519. The Balaban J connectivity index is 1.65. The van der Waals surface area contributed by atoms with Gasteiger partial charge in [-0.25, -0.2) is 0 Å². The Morgan fingerprint density at radius 1 is 1.06 bits per heavy atom. The van der Waals surface area contributed by atoms with Crippen LogP contribution >= 0.6 is 22.9 Å². The molecule has 4 rings (SSSR count). The number of carbonyl (C=O) groups excluding carboxylic acids is 2. The predicted octanol–water partition coefficient (Wildman–Crippen LogP) is 6.12. The molecule has 0 spiro atoms. The summed E-state index contributed by atoms with van der Waals surface area (Å²) in [5, 5.41) is 2.68. The van der Waals surface area contributed by atoms with Crippen molar-refractivity contribution < 1.29 is 9.59 Å². The van der Waals surface area contributed by atoms with E-state index in [9.17, 15) is 9.59 Å². The van der Waals surface area contributed by atoms with Gasteiger partial charge in [-0.1, -0.05) is 41.4 Å². The number of hydrogen-bond acceptors (Lipinski definition) is 3. The molecule has 0 fully saturated rings. The Morgan fingerprint density at radius 2 is 1.73 bits per heavy atom. The van der Waals surface area contributed by atoms with Crippen molar-refractivity contribution in [3.05, 3.63) is 92.1 Å². The van der Waals surface area contributed by atoms with Crippen LogP contribution in [0, 0.1) is 6.92 Å². The van der Waals surface area contributed by atoms with Gasteiger partial charge >= 0.3 is 0 Å². The van der Waals surface area contributed by atoms with E-state index in [-0.39, 0.29) is 24.4 Å². The molecule has 0 aliphatic carbocycles. The molecule has 0 bridgehead atoms. The van der Waals surface area contributed by atoms with Crippen LogP contribution in [-0.4, -0.2) is 40.2 Å². The number of benzene rings is 2. The maximum Gasteiger partial charge on any atom is 0.254 e. The van der Waals surface area contributed by atoms with E-state index in [1.807, 2.05) is 25.7 Å². The quantitative estimate of drug-likeness (QED) is 0.451. The zero-order valence-electron chi connectivity index (χ0n) is 19.5. The van der Waals surface area contributed by atoms with Gasteiger partial charge in [0.15, 0.2) is 0 Å². The molecule has 2 amide bonds. The number of nitrogens with zero attached hydrogens (tertiary/aromatic N) is 2. The number of carbonyl (C=O) groups is 2. The number of halogens is 1. The molecule has 3 aromatic rings. The molecule has 1 unspecified atom stereocenters. The van der Waals surface area contributed by atoms with Crippen LogP contribution in [0.2, 0.25) is 5.02 Å². The first-order valence-electron chi connectivity index (χ1n) is 11.1. The van der Waals surface area contributed by atoms with Crippen LogP contribution in [0.3, 0.4) is 0 Å². The Hall–Kier alpha value is -2.63. The Morgan fingerprint density at radius 3 is 2.36 bits per heavy atom. The molecular formula is C27H29ClN2O2S. The number of hydrogen-bond donors (Lipinski definition) is 0. The minimum Gasteiger partial charge on any atom is -0.330 e. The fourth-order valence-corrected chi connectivity index (χ4v) is 5.31. The van der Waals surface area contributed by atoms with Crippen LogP contribution in [0.5, 0.6) is 0 Å². The van der Waals surface area contributed by atoms with Gasteiger partial charge in [0.1, 0.15) is 6.54 Å². The highest BCUT2D eigenvalue weighted by atomic mass is 35.5. The molecule has 1 aliphatic heterocycles. The first-order valence-corrected chi connectivity index (χ1v) is 12.4. The van der Waals surface area contributed by atoms with Crippen molar-refractivity contribution >= 4 is 34.8 Å². The lowest BCUT2D eigenvalue weighted by molar-refractivity contribution is -0.135. The SMILES string of the molecule is Cc1ccc(C2c3ccsc3CCN2C(=O)CN(C(=O)c2ccc(Cl)cc2)C(C)(C)C)cc1. The smallest absolute Gasteiger partial charge is 0.254 e. The molecule has 0 saturated heterocycles. The van der Waals surface area contributed by atoms with Crippen molar-refractivity contribution in [3.8, 4) is 0 Å². The number of fused-ring (bicyclic) bond motifs is 1. The number of thiophene rings is 1. The molecule has 33 heavy (non-hydrogen) atoms. The van der Waals surface area contributed by atoms with Crippen LogP contribution in [0.25, 0.3) is 0 Å². The van der Waals surface area contributed by atoms with E-state index in [4.69, 9.17) is 11.6 Å². The Bertz CT molecular complexity index is 1150. The Kier molecular flexibility index (Phi) is 6.64. The van der Waals surface area contributed by atoms with Crippen LogP contribution in [0.4, 0.5) is 0 Å². The lowest BCUT2D eigenvalue weighted by Gasteiger charge is -2.40. The van der Waals surface area contributed by atoms with Gasteiger partial charge in [0, 0.05) is 27.5 Å². The molecule has 1 aliphatic rings. The van der Waals surface area contributed by atoms with Crippen molar-refractivity contribution in [1.82, 2.24) is 9.80 Å². The maximum atomic E-state index is 13.7. The molecular weight excluding hydrogens is 452 g/mol. The van der Waals surface area contributed by atoms with Gasteiger partial charge in [0.25, 0.3) is 5.91 Å². The number of rotatable bonds is 4. The molecule has 1 atom stereocenters. The molecule has 2 heterocycles. The van der Waals surface area contributed by atoms with E-state index in [2.05, 4.69) is 42.6 Å². The van der Waals surface area contributed by atoms with E-state index in [1.165, 1.54) is 16.0 Å². The molecule has 0 saturated carbocycles. The lowest BCUT2D eigenvalue weighted by atomic mass is 9.92. The number of aryl methyl sites for hydroxylation is 1. The second-order valence-electron chi connectivity index (χ2n) is 9.52. The average molecular weight is 481 g/mol. The fourth-order valence-electron chi connectivity index (χ4n) is 4.28. The molecule has 2 aromatic carbocycles. The van der Waals surface area contributed by atoms with E-state index in [0.29, 0.717) is 17.1 Å². The van der Waals surface area contributed by atoms with Gasteiger partial charge in [-0.15, -0.1) is 11.3 Å². The van der Waals surface area contributed by atoms with Crippen molar-refractivity contribution in [3.63, 3.8) is 0 Å². The van der Waals surface area contributed by atoms with Crippen molar-refractivity contribution in [2.75, 3.05) is 13.1 Å². The third-order valence-corrected chi connectivity index (χ3v) is 7.37. The molecule has 1 aromatic heterocycles. The highest BCUT2D eigenvalue weighted by Crippen LogP contribution is 2.38. The molecule has 0 N–H and O–H groups in total. The lowest BCUT2D eigenvalue weighted by Crippen LogP contribution is -2.52. The minimum absolute atomic E-state index is 0.0206. The summed E-state index contributed by atoms with van der Waals surface area (Å²) in [4.78, 5) is 32.0. The second-order valence-corrected chi connectivity index (χ2v) is 11.0. The Labute approximate surface area is 204 Å². The van der Waals surface area contributed by atoms with E-state index < -0.39 is 5.54 Å². The molecule has 6 heteroatoms. The van der Waals surface area contributed by atoms with Crippen molar-refractivity contribution in [1.29, 1.82) is 0 Å². The van der Waals surface area contributed by atoms with Gasteiger partial charge in [-0.2, -0.15) is 0 Å². The van der Waals surface area contributed by atoms with Crippen LogP contribution < -0.4 is 0 Å². The second kappa shape index (κ2) is 9.32. The first kappa shape index (κ1) is 23.5. The predicted molar refractivity (Wildman–Crippen MR) is 135 cm³/mol. The van der Waals surface area contributed by atoms with Crippen molar-refractivity contribution in [2.24, 2.45) is 0 Å². The third kappa shape index (κ3) is 4.99. The summed E-state index contributed by atoms with van der Waals surface area (Å²) < 4.78 is 0. The zero-order chi connectivity index (χ0) is 23.8. The summed E-state index contributed by atoms with van der Waals surface area (Å²) in [5.74, 6) is -0.220. The van der Waals surface area contributed by atoms with Gasteiger partial charge in [-0.3, -0.25) is 9.59 Å². The summed E-state index contributed by atoms with van der Waals surface area (Å²) in [6.45, 7) is 8.59. The maximum absolute atomic E-state index is 13.7. The zero-order valence-corrected chi connectivity index (χ0v) is 21.0. The van der Waals surface area contributed by atoms with Crippen LogP contribution in [-0.2, 0) is 11.2 Å². The van der Waals surface area contributed by atoms with Crippen molar-refractivity contribution in [2.45, 2.75) is 45.7 Å². The highest BCUT2D eigenvalue weighted by molar-refractivity contribution is 7.10. The summed E-state index contributed by atoms with van der Waals surface area (Å²) in [6.07, 6.45) is 0.835. The van der Waals surface area contributed by atoms with E-state index in [0.717, 1.165) is 12.0 Å². The largest absolute Gasteiger partial charge is 0.330 e. The fraction of sp³-hybridized carbons (Fsp3) is 0.333. The average Bonchev–Trinajstić information content (AvgIpc) is 3.25. The van der Waals surface area contributed by atoms with E-state index in [1.54, 1.807) is 40.5 Å². The van der Waals surface area contributed by atoms with E-state index >= 15 is 0 Å².